The highest BCUT2D eigenvalue weighted by Crippen LogP contribution is 2.28. The summed E-state index contributed by atoms with van der Waals surface area (Å²) in [5.74, 6) is 0.481. The Balaban J connectivity index is 1.67. The molecule has 0 atom stereocenters. The van der Waals surface area contributed by atoms with E-state index >= 15 is 0 Å². The Morgan fingerprint density at radius 1 is 1.35 bits per heavy atom. The molecule has 1 aromatic carbocycles. The van der Waals surface area contributed by atoms with E-state index in [0.717, 1.165) is 25.7 Å². The Morgan fingerprint density at radius 2 is 2.05 bits per heavy atom. The van der Waals surface area contributed by atoms with Crippen LogP contribution in [-0.2, 0) is 4.79 Å². The van der Waals surface area contributed by atoms with Gasteiger partial charge in [0, 0.05) is 6.54 Å². The number of para-hydroxylation sites is 2. The lowest BCUT2D eigenvalue weighted by molar-refractivity contribution is -0.122. The zero-order chi connectivity index (χ0) is 14.4. The average Bonchev–Trinajstić information content (AvgIpc) is 2.86. The molecule has 0 aliphatic heterocycles. The van der Waals surface area contributed by atoms with Crippen molar-refractivity contribution >= 4 is 11.6 Å². The average molecular weight is 278 g/mol. The topological polar surface area (TPSA) is 84.6 Å². The molecule has 4 N–H and O–H groups in total. The summed E-state index contributed by atoms with van der Waals surface area (Å²) in [5.41, 5.74) is 5.59. The number of aliphatic hydroxyl groups is 1. The molecule has 5 nitrogen and oxygen atoms in total. The van der Waals surface area contributed by atoms with Crippen LogP contribution in [0, 0.1) is 0 Å². The first-order valence-electron chi connectivity index (χ1n) is 7.05. The monoisotopic (exact) mass is 278 g/mol. The molecule has 20 heavy (non-hydrogen) atoms. The van der Waals surface area contributed by atoms with Gasteiger partial charge in [-0.05, 0) is 25.0 Å². The molecule has 110 valence electrons. The number of nitrogen functional groups attached to an aromatic ring is 1. The number of hydrogen-bond donors (Lipinski definition) is 3. The van der Waals surface area contributed by atoms with Crippen molar-refractivity contribution in [1.29, 1.82) is 0 Å². The third-order valence-corrected chi connectivity index (χ3v) is 3.65. The van der Waals surface area contributed by atoms with Crippen LogP contribution in [0.1, 0.15) is 32.1 Å². The summed E-state index contributed by atoms with van der Waals surface area (Å²) < 4.78 is 5.46. The van der Waals surface area contributed by atoms with E-state index in [-0.39, 0.29) is 18.9 Å². The highest BCUT2D eigenvalue weighted by Gasteiger charge is 2.31. The van der Waals surface area contributed by atoms with Crippen molar-refractivity contribution in [3.8, 4) is 5.75 Å². The van der Waals surface area contributed by atoms with E-state index in [2.05, 4.69) is 5.32 Å². The third kappa shape index (κ3) is 4.13. The van der Waals surface area contributed by atoms with Gasteiger partial charge in [-0.25, -0.2) is 0 Å². The van der Waals surface area contributed by atoms with Crippen molar-refractivity contribution in [2.45, 2.75) is 37.7 Å². The normalized spacial score (nSPS) is 16.9. The zero-order valence-corrected chi connectivity index (χ0v) is 11.6. The van der Waals surface area contributed by atoms with Crippen LogP contribution < -0.4 is 15.8 Å². The van der Waals surface area contributed by atoms with Crippen molar-refractivity contribution in [3.05, 3.63) is 24.3 Å². The Morgan fingerprint density at radius 3 is 2.75 bits per heavy atom. The number of nitrogens with one attached hydrogen (secondary N) is 1. The minimum Gasteiger partial charge on any atom is -0.491 e. The molecule has 5 heteroatoms. The van der Waals surface area contributed by atoms with Gasteiger partial charge in [0.15, 0.2) is 0 Å². The Labute approximate surface area is 119 Å². The number of carbonyl (C=O) groups excluding carboxylic acids is 1. The second kappa shape index (κ2) is 6.61. The van der Waals surface area contributed by atoms with E-state index in [0.29, 0.717) is 18.0 Å². The summed E-state index contributed by atoms with van der Waals surface area (Å²) in [6, 6.07) is 7.19. The van der Waals surface area contributed by atoms with Gasteiger partial charge in [0.2, 0.25) is 5.91 Å². The number of carbonyl (C=O) groups is 1. The van der Waals surface area contributed by atoms with Gasteiger partial charge in [0.1, 0.15) is 5.75 Å². The maximum absolute atomic E-state index is 11.7. The van der Waals surface area contributed by atoms with Crippen molar-refractivity contribution in [2.24, 2.45) is 0 Å². The summed E-state index contributed by atoms with van der Waals surface area (Å²) in [4.78, 5) is 11.7. The molecule has 1 aliphatic rings. The minimum atomic E-state index is -0.708. The molecule has 1 aromatic rings. The molecule has 1 fully saturated rings. The number of nitrogens with two attached hydrogens (primary N) is 1. The fourth-order valence-electron chi connectivity index (χ4n) is 2.43. The van der Waals surface area contributed by atoms with Crippen LogP contribution >= 0.6 is 0 Å². The standard InChI is InChI=1S/C15H22N2O3/c16-12-5-1-2-6-13(12)20-10-7-14(18)17-11-15(19)8-3-4-9-15/h1-2,5-6,19H,3-4,7-11,16H2,(H,17,18). The highest BCUT2D eigenvalue weighted by molar-refractivity contribution is 5.76. The second-order valence-corrected chi connectivity index (χ2v) is 5.34. The molecule has 0 bridgehead atoms. The van der Waals surface area contributed by atoms with Gasteiger partial charge in [0.25, 0.3) is 0 Å². The highest BCUT2D eigenvalue weighted by atomic mass is 16.5. The number of anilines is 1. The summed E-state index contributed by atoms with van der Waals surface area (Å²) >= 11 is 0. The maximum atomic E-state index is 11.7. The van der Waals surface area contributed by atoms with Crippen LogP contribution in [0.15, 0.2) is 24.3 Å². The summed E-state index contributed by atoms with van der Waals surface area (Å²) in [5, 5.41) is 12.9. The van der Waals surface area contributed by atoms with E-state index in [1.54, 1.807) is 12.1 Å². The minimum absolute atomic E-state index is 0.111. The van der Waals surface area contributed by atoms with Crippen molar-refractivity contribution in [2.75, 3.05) is 18.9 Å². The van der Waals surface area contributed by atoms with Gasteiger partial charge < -0.3 is 20.9 Å². The van der Waals surface area contributed by atoms with Crippen LogP contribution in [0.25, 0.3) is 0 Å². The SMILES string of the molecule is Nc1ccccc1OCCC(=O)NCC1(O)CCCC1. The molecule has 1 saturated carbocycles. The third-order valence-electron chi connectivity index (χ3n) is 3.65. The van der Waals surface area contributed by atoms with Crippen LogP contribution in [0.3, 0.4) is 0 Å². The number of rotatable bonds is 6. The first-order chi connectivity index (χ1) is 9.59. The molecule has 0 spiro atoms. The van der Waals surface area contributed by atoms with E-state index in [1.165, 1.54) is 0 Å². The lowest BCUT2D eigenvalue weighted by Gasteiger charge is -2.22. The second-order valence-electron chi connectivity index (χ2n) is 5.34. The maximum Gasteiger partial charge on any atom is 0.223 e. The largest absolute Gasteiger partial charge is 0.491 e. The lowest BCUT2D eigenvalue weighted by Crippen LogP contribution is -2.41. The first-order valence-corrected chi connectivity index (χ1v) is 7.05. The molecular formula is C15H22N2O3. The number of hydrogen-bond acceptors (Lipinski definition) is 4. The predicted molar refractivity (Wildman–Crippen MR) is 77.4 cm³/mol. The quantitative estimate of drug-likeness (QED) is 0.688. The summed E-state index contributed by atoms with van der Waals surface area (Å²) in [6.07, 6.45) is 3.85. The molecule has 0 radical (unpaired) electrons. The van der Waals surface area contributed by atoms with Gasteiger partial charge in [-0.1, -0.05) is 25.0 Å². The molecule has 2 rings (SSSR count). The Hall–Kier alpha value is -1.75. The molecule has 0 unspecified atom stereocenters. The van der Waals surface area contributed by atoms with Gasteiger partial charge in [0.05, 0.1) is 24.3 Å². The zero-order valence-electron chi connectivity index (χ0n) is 11.6. The van der Waals surface area contributed by atoms with E-state index in [4.69, 9.17) is 10.5 Å². The smallest absolute Gasteiger partial charge is 0.223 e. The van der Waals surface area contributed by atoms with Crippen molar-refractivity contribution in [3.63, 3.8) is 0 Å². The van der Waals surface area contributed by atoms with Gasteiger partial charge >= 0.3 is 0 Å². The molecule has 0 aromatic heterocycles. The van der Waals surface area contributed by atoms with E-state index in [9.17, 15) is 9.90 Å². The van der Waals surface area contributed by atoms with E-state index in [1.807, 2.05) is 12.1 Å². The molecule has 0 saturated heterocycles. The van der Waals surface area contributed by atoms with E-state index < -0.39 is 5.60 Å². The summed E-state index contributed by atoms with van der Waals surface area (Å²) in [7, 11) is 0. The van der Waals surface area contributed by atoms with Crippen LogP contribution in [0.5, 0.6) is 5.75 Å². The number of amides is 1. The molecule has 0 heterocycles. The molecule has 1 amide bonds. The van der Waals surface area contributed by atoms with Gasteiger partial charge in [-0.15, -0.1) is 0 Å². The van der Waals surface area contributed by atoms with Crippen LogP contribution in [0.4, 0.5) is 5.69 Å². The summed E-state index contributed by atoms with van der Waals surface area (Å²) in [6.45, 7) is 0.609. The molecule has 1 aliphatic carbocycles. The van der Waals surface area contributed by atoms with Crippen LogP contribution in [0.2, 0.25) is 0 Å². The van der Waals surface area contributed by atoms with Crippen molar-refractivity contribution in [1.82, 2.24) is 5.32 Å². The van der Waals surface area contributed by atoms with Crippen LogP contribution in [-0.4, -0.2) is 29.8 Å². The number of benzene rings is 1. The number of ether oxygens (including phenoxy) is 1. The van der Waals surface area contributed by atoms with Gasteiger partial charge in [-0.2, -0.15) is 0 Å². The Kier molecular flexibility index (Phi) is 4.84. The van der Waals surface area contributed by atoms with Crippen molar-refractivity contribution < 1.29 is 14.6 Å². The van der Waals surface area contributed by atoms with Gasteiger partial charge in [-0.3, -0.25) is 4.79 Å². The Bertz CT molecular complexity index is 456. The predicted octanol–water partition coefficient (Wildman–Crippen LogP) is 1.46. The fraction of sp³-hybridized carbons (Fsp3) is 0.533. The first kappa shape index (κ1) is 14.7. The fourth-order valence-corrected chi connectivity index (χ4v) is 2.43. The lowest BCUT2D eigenvalue weighted by atomic mass is 10.0. The molecular weight excluding hydrogens is 256 g/mol.